The minimum absolute atomic E-state index is 0.0887. The second-order valence-electron chi connectivity index (χ2n) is 5.07. The van der Waals surface area contributed by atoms with Crippen LogP contribution in [-0.2, 0) is 10.9 Å². The van der Waals surface area contributed by atoms with Crippen LogP contribution in [0.3, 0.4) is 0 Å². The van der Waals surface area contributed by atoms with E-state index in [1.165, 1.54) is 12.4 Å². The molecule has 0 spiro atoms. The molecule has 2 aromatic rings. The van der Waals surface area contributed by atoms with Gasteiger partial charge in [-0.25, -0.2) is 9.97 Å². The molecular formula is C14H13F3N6O2. The molecule has 1 amide bonds. The van der Waals surface area contributed by atoms with E-state index in [0.717, 1.165) is 6.20 Å². The van der Waals surface area contributed by atoms with E-state index in [-0.39, 0.29) is 11.6 Å². The van der Waals surface area contributed by atoms with Crippen LogP contribution in [0.1, 0.15) is 16.1 Å². The molecular weight excluding hydrogens is 341 g/mol. The topological polar surface area (TPSA) is 93.1 Å². The van der Waals surface area contributed by atoms with Crippen LogP contribution in [0, 0.1) is 0 Å². The highest BCUT2D eigenvalue weighted by Gasteiger charge is 2.36. The molecule has 8 nitrogen and oxygen atoms in total. The highest BCUT2D eigenvalue weighted by Crippen LogP contribution is 2.34. The highest BCUT2D eigenvalue weighted by molar-refractivity contribution is 6.02. The van der Waals surface area contributed by atoms with Crippen molar-refractivity contribution in [3.05, 3.63) is 36.0 Å². The second-order valence-corrected chi connectivity index (χ2v) is 5.07. The van der Waals surface area contributed by atoms with Crippen molar-refractivity contribution in [2.75, 3.05) is 36.5 Å². The Morgan fingerprint density at radius 1 is 1.16 bits per heavy atom. The quantitative estimate of drug-likeness (QED) is 0.890. The van der Waals surface area contributed by atoms with Gasteiger partial charge < -0.3 is 15.0 Å². The van der Waals surface area contributed by atoms with E-state index >= 15 is 0 Å². The molecule has 0 bridgehead atoms. The fourth-order valence-electron chi connectivity index (χ4n) is 2.18. The number of nitrogens with zero attached hydrogens (tertiary/aromatic N) is 5. The van der Waals surface area contributed by atoms with Crippen LogP contribution in [0.4, 0.5) is 24.9 Å². The zero-order valence-corrected chi connectivity index (χ0v) is 12.8. The monoisotopic (exact) mass is 354 g/mol. The van der Waals surface area contributed by atoms with Gasteiger partial charge in [-0.05, 0) is 0 Å². The van der Waals surface area contributed by atoms with Gasteiger partial charge in [-0.1, -0.05) is 0 Å². The van der Waals surface area contributed by atoms with Gasteiger partial charge in [-0.15, -0.1) is 0 Å². The Kier molecular flexibility index (Phi) is 4.74. The molecule has 0 aliphatic carbocycles. The largest absolute Gasteiger partial charge is 0.421 e. The first-order valence-electron chi connectivity index (χ1n) is 7.29. The van der Waals surface area contributed by atoms with E-state index < -0.39 is 23.5 Å². The third kappa shape index (κ3) is 3.99. The molecule has 1 fully saturated rings. The fraction of sp³-hybridized carbons (Fsp3) is 0.357. The molecule has 1 aliphatic heterocycles. The van der Waals surface area contributed by atoms with Gasteiger partial charge in [0, 0.05) is 31.7 Å². The van der Waals surface area contributed by atoms with E-state index in [0.29, 0.717) is 32.5 Å². The number of amides is 1. The molecule has 0 saturated carbocycles. The lowest BCUT2D eigenvalue weighted by Gasteiger charge is -2.27. The Morgan fingerprint density at radius 3 is 2.56 bits per heavy atom. The van der Waals surface area contributed by atoms with E-state index in [2.05, 4.69) is 25.3 Å². The van der Waals surface area contributed by atoms with Crippen molar-refractivity contribution in [3.8, 4) is 0 Å². The SMILES string of the molecule is O=C(Nc1nc(N2CCOCC2)ncc1C(F)(F)F)c1cnccn1. The van der Waals surface area contributed by atoms with Crippen LogP contribution < -0.4 is 10.2 Å². The third-order valence-corrected chi connectivity index (χ3v) is 3.40. The normalized spacial score (nSPS) is 15.1. The van der Waals surface area contributed by atoms with Gasteiger partial charge in [0.25, 0.3) is 5.91 Å². The van der Waals surface area contributed by atoms with Gasteiger partial charge in [0.1, 0.15) is 11.3 Å². The summed E-state index contributed by atoms with van der Waals surface area (Å²) in [6.45, 7) is 1.74. The minimum atomic E-state index is -4.71. The molecule has 11 heteroatoms. The molecule has 1 saturated heterocycles. The fourth-order valence-corrected chi connectivity index (χ4v) is 2.18. The van der Waals surface area contributed by atoms with Crippen LogP contribution in [0.5, 0.6) is 0 Å². The molecule has 1 N–H and O–H groups in total. The lowest BCUT2D eigenvalue weighted by molar-refractivity contribution is -0.137. The summed E-state index contributed by atoms with van der Waals surface area (Å²) in [4.78, 5) is 28.9. The smallest absolute Gasteiger partial charge is 0.378 e. The number of hydrogen-bond acceptors (Lipinski definition) is 7. The van der Waals surface area contributed by atoms with E-state index in [4.69, 9.17) is 4.74 Å². The first-order valence-corrected chi connectivity index (χ1v) is 7.29. The van der Waals surface area contributed by atoms with Crippen LogP contribution in [0.15, 0.2) is 24.8 Å². The van der Waals surface area contributed by atoms with Gasteiger partial charge in [-0.2, -0.15) is 18.2 Å². The summed E-state index contributed by atoms with van der Waals surface area (Å²) in [5.41, 5.74) is -1.26. The zero-order chi connectivity index (χ0) is 17.9. The summed E-state index contributed by atoms with van der Waals surface area (Å²) < 4.78 is 44.7. The molecule has 3 heterocycles. The summed E-state index contributed by atoms with van der Waals surface area (Å²) in [5.74, 6) is -1.38. The number of carbonyl (C=O) groups is 1. The van der Waals surface area contributed by atoms with Gasteiger partial charge in [0.15, 0.2) is 5.82 Å². The summed E-state index contributed by atoms with van der Waals surface area (Å²) in [6.07, 6.45) is -0.302. The number of carbonyl (C=O) groups excluding carboxylic acids is 1. The predicted octanol–water partition coefficient (Wildman–Crippen LogP) is 1.37. The van der Waals surface area contributed by atoms with Crippen molar-refractivity contribution >= 4 is 17.7 Å². The lowest BCUT2D eigenvalue weighted by Crippen LogP contribution is -2.37. The number of alkyl halides is 3. The van der Waals surface area contributed by atoms with Crippen molar-refractivity contribution in [1.29, 1.82) is 0 Å². The van der Waals surface area contributed by atoms with Crippen molar-refractivity contribution in [2.45, 2.75) is 6.18 Å². The molecule has 132 valence electrons. The van der Waals surface area contributed by atoms with E-state index in [9.17, 15) is 18.0 Å². The number of hydrogen-bond donors (Lipinski definition) is 1. The number of halogens is 3. The Morgan fingerprint density at radius 2 is 1.92 bits per heavy atom. The van der Waals surface area contributed by atoms with E-state index in [1.807, 2.05) is 0 Å². The van der Waals surface area contributed by atoms with Crippen LogP contribution in [0.2, 0.25) is 0 Å². The molecule has 0 atom stereocenters. The Balaban J connectivity index is 1.92. The number of nitrogens with one attached hydrogen (secondary N) is 1. The predicted molar refractivity (Wildman–Crippen MR) is 80.1 cm³/mol. The summed E-state index contributed by atoms with van der Waals surface area (Å²) >= 11 is 0. The summed E-state index contributed by atoms with van der Waals surface area (Å²) in [5, 5.41) is 2.14. The number of ether oxygens (including phenoxy) is 1. The van der Waals surface area contributed by atoms with Gasteiger partial charge in [0.2, 0.25) is 5.95 Å². The number of anilines is 2. The maximum atomic E-state index is 13.2. The van der Waals surface area contributed by atoms with Gasteiger partial charge in [0.05, 0.1) is 19.4 Å². The van der Waals surface area contributed by atoms with Gasteiger partial charge in [-0.3, -0.25) is 9.78 Å². The summed E-state index contributed by atoms with van der Waals surface area (Å²) in [6, 6.07) is 0. The first-order chi connectivity index (χ1) is 11.9. The standard InChI is InChI=1S/C14H13F3N6O2/c15-14(16,17)9-7-20-13(23-3-5-25-6-4-23)22-11(9)21-12(24)10-8-18-1-2-19-10/h1-2,7-8H,3-6H2,(H,20,21,22,24). The average Bonchev–Trinajstić information content (AvgIpc) is 2.62. The lowest BCUT2D eigenvalue weighted by atomic mass is 10.3. The zero-order valence-electron chi connectivity index (χ0n) is 12.8. The van der Waals surface area contributed by atoms with Crippen molar-refractivity contribution in [3.63, 3.8) is 0 Å². The average molecular weight is 354 g/mol. The van der Waals surface area contributed by atoms with Gasteiger partial charge >= 0.3 is 6.18 Å². The molecule has 0 unspecified atom stereocenters. The first kappa shape index (κ1) is 17.0. The van der Waals surface area contributed by atoms with Crippen LogP contribution >= 0.6 is 0 Å². The molecule has 2 aromatic heterocycles. The Labute approximate surface area is 140 Å². The maximum Gasteiger partial charge on any atom is 0.421 e. The molecule has 25 heavy (non-hydrogen) atoms. The third-order valence-electron chi connectivity index (χ3n) is 3.40. The second kappa shape index (κ2) is 6.97. The maximum absolute atomic E-state index is 13.2. The van der Waals surface area contributed by atoms with Crippen molar-refractivity contribution in [1.82, 2.24) is 19.9 Å². The number of aromatic nitrogens is 4. The van der Waals surface area contributed by atoms with E-state index in [1.54, 1.807) is 4.90 Å². The molecule has 0 radical (unpaired) electrons. The molecule has 3 rings (SSSR count). The number of rotatable bonds is 3. The van der Waals surface area contributed by atoms with Crippen LogP contribution in [-0.4, -0.2) is 52.1 Å². The molecule has 1 aliphatic rings. The highest BCUT2D eigenvalue weighted by atomic mass is 19.4. The Hall–Kier alpha value is -2.82. The summed E-state index contributed by atoms with van der Waals surface area (Å²) in [7, 11) is 0. The Bertz CT molecular complexity index is 750. The van der Waals surface area contributed by atoms with Crippen molar-refractivity contribution < 1.29 is 22.7 Å². The minimum Gasteiger partial charge on any atom is -0.378 e. The van der Waals surface area contributed by atoms with Crippen molar-refractivity contribution in [2.24, 2.45) is 0 Å². The molecule has 0 aromatic carbocycles. The number of morpholine rings is 1. The van der Waals surface area contributed by atoms with Crippen LogP contribution in [0.25, 0.3) is 0 Å².